The molecular weight excluding hydrogens is 477 g/mol. The molecule has 1 aromatic heterocycles. The van der Waals surface area contributed by atoms with E-state index in [4.69, 9.17) is 23.2 Å². The summed E-state index contributed by atoms with van der Waals surface area (Å²) in [6.45, 7) is 1.92. The Labute approximate surface area is 192 Å². The van der Waals surface area contributed by atoms with Crippen LogP contribution in [0.1, 0.15) is 15.9 Å². The lowest BCUT2D eigenvalue weighted by molar-refractivity contribution is 0.102. The molecule has 4 aromatic rings. The maximum atomic E-state index is 12.6. The Kier molecular flexibility index (Phi) is 5.90. The highest BCUT2D eigenvalue weighted by Gasteiger charge is 2.16. The van der Waals surface area contributed by atoms with Crippen LogP contribution >= 0.6 is 34.5 Å². The molecule has 0 saturated carbocycles. The summed E-state index contributed by atoms with van der Waals surface area (Å²) < 4.78 is 28.2. The number of nitrogens with zero attached hydrogens (tertiary/aromatic N) is 1. The zero-order chi connectivity index (χ0) is 22.2. The van der Waals surface area contributed by atoms with Crippen LogP contribution in [0.4, 0.5) is 10.8 Å². The average Bonchev–Trinajstić information content (AvgIpc) is 3.16. The van der Waals surface area contributed by atoms with Gasteiger partial charge in [-0.05, 0) is 67.1 Å². The third-order valence-corrected chi connectivity index (χ3v) is 7.52. The number of rotatable bonds is 5. The van der Waals surface area contributed by atoms with Crippen molar-refractivity contribution < 1.29 is 13.2 Å². The molecule has 0 aliphatic carbocycles. The molecule has 0 fully saturated rings. The van der Waals surface area contributed by atoms with Crippen molar-refractivity contribution in [1.82, 2.24) is 4.98 Å². The molecule has 31 heavy (non-hydrogen) atoms. The number of aromatic nitrogens is 1. The highest BCUT2D eigenvalue weighted by molar-refractivity contribution is 7.92. The zero-order valence-corrected chi connectivity index (χ0v) is 19.2. The highest BCUT2D eigenvalue weighted by atomic mass is 35.5. The van der Waals surface area contributed by atoms with Crippen molar-refractivity contribution in [3.05, 3.63) is 81.8 Å². The molecule has 2 N–H and O–H groups in total. The van der Waals surface area contributed by atoms with Gasteiger partial charge in [0.1, 0.15) is 0 Å². The predicted molar refractivity (Wildman–Crippen MR) is 126 cm³/mol. The minimum atomic E-state index is -3.76. The molecule has 0 bridgehead atoms. The number of nitrogens with one attached hydrogen (secondary N) is 2. The van der Waals surface area contributed by atoms with Gasteiger partial charge in [-0.3, -0.25) is 14.8 Å². The third-order valence-electron chi connectivity index (χ3n) is 4.44. The number of hydrogen-bond donors (Lipinski definition) is 2. The summed E-state index contributed by atoms with van der Waals surface area (Å²) in [5.74, 6) is -0.361. The molecule has 0 radical (unpaired) electrons. The first kappa shape index (κ1) is 21.6. The molecule has 0 spiro atoms. The van der Waals surface area contributed by atoms with Crippen molar-refractivity contribution in [1.29, 1.82) is 0 Å². The van der Waals surface area contributed by atoms with Gasteiger partial charge < -0.3 is 0 Å². The number of carbonyl (C=O) groups is 1. The van der Waals surface area contributed by atoms with Crippen molar-refractivity contribution in [2.45, 2.75) is 11.8 Å². The van der Waals surface area contributed by atoms with E-state index in [1.54, 1.807) is 6.07 Å². The quantitative estimate of drug-likeness (QED) is 0.360. The number of fused-ring (bicyclic) bond motifs is 1. The zero-order valence-electron chi connectivity index (χ0n) is 16.0. The van der Waals surface area contributed by atoms with E-state index in [9.17, 15) is 13.2 Å². The Balaban J connectivity index is 1.49. The van der Waals surface area contributed by atoms with Crippen LogP contribution in [0.25, 0.3) is 10.2 Å². The maximum absolute atomic E-state index is 12.6. The monoisotopic (exact) mass is 491 g/mol. The van der Waals surface area contributed by atoms with Gasteiger partial charge in [0.15, 0.2) is 5.13 Å². The van der Waals surface area contributed by atoms with E-state index in [-0.39, 0.29) is 10.8 Å². The summed E-state index contributed by atoms with van der Waals surface area (Å²) >= 11 is 13.3. The second-order valence-electron chi connectivity index (χ2n) is 6.65. The molecule has 3 aromatic carbocycles. The Morgan fingerprint density at radius 2 is 1.65 bits per heavy atom. The van der Waals surface area contributed by atoms with E-state index in [2.05, 4.69) is 15.0 Å². The van der Waals surface area contributed by atoms with Crippen molar-refractivity contribution in [2.24, 2.45) is 0 Å². The Morgan fingerprint density at radius 3 is 2.29 bits per heavy atom. The third kappa shape index (κ3) is 4.67. The number of sulfonamides is 1. The summed E-state index contributed by atoms with van der Waals surface area (Å²) in [5, 5.41) is 4.22. The molecule has 4 rings (SSSR count). The number of amides is 1. The SMILES string of the molecule is Cc1ccc(Cl)c2sc(NC(=O)c3ccc(NS(=O)(=O)c4ccc(Cl)cc4)cc3)nc12. The maximum Gasteiger partial charge on any atom is 0.261 e. The molecule has 6 nitrogen and oxygen atoms in total. The average molecular weight is 492 g/mol. The summed E-state index contributed by atoms with van der Waals surface area (Å²) in [6.07, 6.45) is 0. The number of hydrogen-bond acceptors (Lipinski definition) is 5. The fourth-order valence-corrected chi connectivity index (χ4v) is 5.24. The van der Waals surface area contributed by atoms with Gasteiger partial charge in [-0.2, -0.15) is 0 Å². The number of aryl methyl sites for hydroxylation is 1. The fourth-order valence-electron chi connectivity index (χ4n) is 2.84. The molecule has 1 heterocycles. The summed E-state index contributed by atoms with van der Waals surface area (Å²) in [6, 6.07) is 15.6. The van der Waals surface area contributed by atoms with Crippen molar-refractivity contribution in [3.63, 3.8) is 0 Å². The fraction of sp³-hybridized carbons (Fsp3) is 0.0476. The topological polar surface area (TPSA) is 88.2 Å². The van der Waals surface area contributed by atoms with Crippen LogP contribution in [-0.2, 0) is 10.0 Å². The van der Waals surface area contributed by atoms with Crippen LogP contribution in [0.15, 0.2) is 65.6 Å². The van der Waals surface area contributed by atoms with E-state index < -0.39 is 10.0 Å². The number of carbonyl (C=O) groups excluding carboxylic acids is 1. The van der Waals surface area contributed by atoms with Crippen LogP contribution in [0, 0.1) is 6.92 Å². The van der Waals surface area contributed by atoms with Gasteiger partial charge in [0, 0.05) is 16.3 Å². The van der Waals surface area contributed by atoms with E-state index in [0.717, 1.165) is 15.8 Å². The molecule has 0 aliphatic heterocycles. The summed E-state index contributed by atoms with van der Waals surface area (Å²) in [5.41, 5.74) is 2.40. The standard InChI is InChI=1S/C21H15Cl2N3O3S2/c1-12-2-11-17(23)19-18(12)24-21(30-19)25-20(27)13-3-7-15(8-4-13)26-31(28,29)16-9-5-14(22)6-10-16/h2-11,26H,1H3,(H,24,25,27). The van der Waals surface area contributed by atoms with Gasteiger partial charge in [-0.1, -0.05) is 40.6 Å². The van der Waals surface area contributed by atoms with E-state index in [0.29, 0.717) is 26.4 Å². The van der Waals surface area contributed by atoms with Crippen molar-refractivity contribution in [3.8, 4) is 0 Å². The van der Waals surface area contributed by atoms with Crippen LogP contribution in [-0.4, -0.2) is 19.3 Å². The van der Waals surface area contributed by atoms with Gasteiger partial charge in [0.05, 0.1) is 20.1 Å². The molecule has 1 amide bonds. The molecular formula is C21H15Cl2N3O3S2. The first-order valence-corrected chi connectivity index (χ1v) is 12.0. The first-order chi connectivity index (χ1) is 14.7. The lowest BCUT2D eigenvalue weighted by atomic mass is 10.2. The largest absolute Gasteiger partial charge is 0.298 e. The lowest BCUT2D eigenvalue weighted by Gasteiger charge is -2.09. The van der Waals surface area contributed by atoms with Gasteiger partial charge in [0.2, 0.25) is 0 Å². The van der Waals surface area contributed by atoms with Crippen molar-refractivity contribution in [2.75, 3.05) is 10.0 Å². The molecule has 0 saturated heterocycles. The smallest absolute Gasteiger partial charge is 0.261 e. The van der Waals surface area contributed by atoms with Crippen LogP contribution < -0.4 is 10.0 Å². The van der Waals surface area contributed by atoms with Gasteiger partial charge in [0.25, 0.3) is 15.9 Å². The Hall–Kier alpha value is -2.65. The highest BCUT2D eigenvalue weighted by Crippen LogP contribution is 2.34. The first-order valence-electron chi connectivity index (χ1n) is 8.98. The van der Waals surface area contributed by atoms with E-state index >= 15 is 0 Å². The van der Waals surface area contributed by atoms with Crippen LogP contribution in [0.3, 0.4) is 0 Å². The predicted octanol–water partition coefficient (Wildman–Crippen LogP) is 5.96. The van der Waals surface area contributed by atoms with Gasteiger partial charge >= 0.3 is 0 Å². The Morgan fingerprint density at radius 1 is 0.968 bits per heavy atom. The van der Waals surface area contributed by atoms with Crippen LogP contribution in [0.2, 0.25) is 10.0 Å². The van der Waals surface area contributed by atoms with E-state index in [1.807, 2.05) is 13.0 Å². The minimum Gasteiger partial charge on any atom is -0.298 e. The summed E-state index contributed by atoms with van der Waals surface area (Å²) in [4.78, 5) is 17.1. The molecule has 0 atom stereocenters. The van der Waals surface area contributed by atoms with Gasteiger partial charge in [-0.15, -0.1) is 0 Å². The molecule has 0 unspecified atom stereocenters. The number of anilines is 2. The summed E-state index contributed by atoms with van der Waals surface area (Å²) in [7, 11) is -3.76. The normalized spacial score (nSPS) is 11.5. The number of halogens is 2. The second kappa shape index (κ2) is 8.47. The van der Waals surface area contributed by atoms with Crippen LogP contribution in [0.5, 0.6) is 0 Å². The van der Waals surface area contributed by atoms with Gasteiger partial charge in [-0.25, -0.2) is 13.4 Å². The Bertz CT molecular complexity index is 1350. The second-order valence-corrected chi connectivity index (χ2v) is 10.2. The molecule has 10 heteroatoms. The lowest BCUT2D eigenvalue weighted by Crippen LogP contribution is -2.14. The molecule has 0 aliphatic rings. The molecule has 158 valence electrons. The number of benzene rings is 3. The number of thiazole rings is 1. The minimum absolute atomic E-state index is 0.0866. The van der Waals surface area contributed by atoms with E-state index in [1.165, 1.54) is 59.9 Å². The van der Waals surface area contributed by atoms with Crippen molar-refractivity contribution >= 4 is 71.5 Å².